The van der Waals surface area contributed by atoms with Crippen molar-refractivity contribution in [2.24, 2.45) is 11.8 Å². The van der Waals surface area contributed by atoms with E-state index in [9.17, 15) is 4.79 Å². The lowest BCUT2D eigenvalue weighted by atomic mass is 9.96. The average molecular weight is 277 g/mol. The van der Waals surface area contributed by atoms with Crippen molar-refractivity contribution in [3.63, 3.8) is 0 Å². The first-order valence-electron chi connectivity index (χ1n) is 6.81. The standard InChI is InChI=1S/C13H24N2O2.ClH/c1-15(10-11-4-7-17-8-5-11)13(16)12-3-2-6-14-9-12;/h11-12,14H,2-10H2,1H3;1H. The Bertz CT molecular complexity index is 251. The van der Waals surface area contributed by atoms with Crippen molar-refractivity contribution >= 4 is 18.3 Å². The van der Waals surface area contributed by atoms with Crippen LogP contribution in [-0.4, -0.2) is 50.7 Å². The molecule has 1 N–H and O–H groups in total. The van der Waals surface area contributed by atoms with Crippen LogP contribution < -0.4 is 5.32 Å². The third kappa shape index (κ3) is 4.41. The van der Waals surface area contributed by atoms with Crippen LogP contribution in [0.15, 0.2) is 0 Å². The van der Waals surface area contributed by atoms with Gasteiger partial charge in [-0.25, -0.2) is 0 Å². The highest BCUT2D eigenvalue weighted by Crippen LogP contribution is 2.18. The number of halogens is 1. The third-order valence-corrected chi connectivity index (χ3v) is 3.90. The van der Waals surface area contributed by atoms with E-state index in [1.165, 1.54) is 0 Å². The summed E-state index contributed by atoms with van der Waals surface area (Å²) in [4.78, 5) is 14.2. The summed E-state index contributed by atoms with van der Waals surface area (Å²) in [6, 6.07) is 0. The summed E-state index contributed by atoms with van der Waals surface area (Å²) in [5.41, 5.74) is 0. The molecule has 0 bridgehead atoms. The lowest BCUT2D eigenvalue weighted by molar-refractivity contribution is -0.135. The Hall–Kier alpha value is -0.320. The van der Waals surface area contributed by atoms with E-state index in [4.69, 9.17) is 4.74 Å². The molecular weight excluding hydrogens is 252 g/mol. The molecule has 1 unspecified atom stereocenters. The van der Waals surface area contributed by atoms with Gasteiger partial charge < -0.3 is 15.0 Å². The molecule has 5 heteroatoms. The van der Waals surface area contributed by atoms with E-state index in [2.05, 4.69) is 5.32 Å². The molecule has 0 radical (unpaired) electrons. The van der Waals surface area contributed by atoms with Crippen LogP contribution in [0.1, 0.15) is 25.7 Å². The summed E-state index contributed by atoms with van der Waals surface area (Å²) < 4.78 is 5.34. The molecule has 0 aromatic rings. The second-order valence-electron chi connectivity index (χ2n) is 5.32. The Morgan fingerprint density at radius 1 is 1.33 bits per heavy atom. The Kier molecular flexibility index (Phi) is 6.97. The lowest BCUT2D eigenvalue weighted by Crippen LogP contribution is -2.43. The molecule has 0 aliphatic carbocycles. The predicted octanol–water partition coefficient (Wildman–Crippen LogP) is 1.29. The lowest BCUT2D eigenvalue weighted by Gasteiger charge is -2.31. The molecule has 2 aliphatic rings. The predicted molar refractivity (Wildman–Crippen MR) is 74.0 cm³/mol. The number of hydrogen-bond donors (Lipinski definition) is 1. The molecule has 0 spiro atoms. The zero-order chi connectivity index (χ0) is 12.1. The first-order valence-corrected chi connectivity index (χ1v) is 6.81. The van der Waals surface area contributed by atoms with Crippen molar-refractivity contribution in [2.75, 3.05) is 39.9 Å². The minimum atomic E-state index is 0. The van der Waals surface area contributed by atoms with Crippen LogP contribution in [0, 0.1) is 11.8 Å². The van der Waals surface area contributed by atoms with Crippen molar-refractivity contribution in [1.29, 1.82) is 0 Å². The van der Waals surface area contributed by atoms with Crippen LogP contribution in [0.3, 0.4) is 0 Å². The van der Waals surface area contributed by atoms with E-state index in [-0.39, 0.29) is 18.3 Å². The van der Waals surface area contributed by atoms with E-state index in [1.54, 1.807) is 0 Å². The summed E-state index contributed by atoms with van der Waals surface area (Å²) in [6.45, 7) is 4.54. The molecule has 18 heavy (non-hydrogen) atoms. The average Bonchev–Trinajstić information content (AvgIpc) is 2.40. The highest BCUT2D eigenvalue weighted by molar-refractivity contribution is 5.85. The molecule has 0 aromatic heterocycles. The number of ether oxygens (including phenoxy) is 1. The van der Waals surface area contributed by atoms with E-state index >= 15 is 0 Å². The van der Waals surface area contributed by atoms with Gasteiger partial charge in [0.05, 0.1) is 5.92 Å². The van der Waals surface area contributed by atoms with Crippen LogP contribution in [0.5, 0.6) is 0 Å². The van der Waals surface area contributed by atoms with Gasteiger partial charge in [-0.15, -0.1) is 12.4 Å². The maximum atomic E-state index is 12.2. The summed E-state index contributed by atoms with van der Waals surface area (Å²) in [6.07, 6.45) is 4.37. The molecule has 106 valence electrons. The largest absolute Gasteiger partial charge is 0.381 e. The second-order valence-corrected chi connectivity index (χ2v) is 5.32. The monoisotopic (exact) mass is 276 g/mol. The summed E-state index contributed by atoms with van der Waals surface area (Å²) in [5.74, 6) is 1.16. The molecule has 2 heterocycles. The number of amides is 1. The number of nitrogens with zero attached hydrogens (tertiary/aromatic N) is 1. The number of rotatable bonds is 3. The second kappa shape index (κ2) is 7.97. The van der Waals surface area contributed by atoms with Gasteiger partial charge in [-0.3, -0.25) is 4.79 Å². The van der Waals surface area contributed by atoms with Gasteiger partial charge in [-0.2, -0.15) is 0 Å². The van der Waals surface area contributed by atoms with Crippen molar-refractivity contribution in [3.8, 4) is 0 Å². The Balaban J connectivity index is 0.00000162. The van der Waals surface area contributed by atoms with Gasteiger partial charge in [0.1, 0.15) is 0 Å². The molecule has 0 saturated carbocycles. The highest BCUT2D eigenvalue weighted by atomic mass is 35.5. The zero-order valence-electron chi connectivity index (χ0n) is 11.2. The number of carbonyl (C=O) groups excluding carboxylic acids is 1. The Morgan fingerprint density at radius 2 is 2.06 bits per heavy atom. The normalized spacial score (nSPS) is 25.3. The van der Waals surface area contributed by atoms with Gasteiger partial charge in [0.15, 0.2) is 0 Å². The van der Waals surface area contributed by atoms with Gasteiger partial charge in [0.25, 0.3) is 0 Å². The zero-order valence-corrected chi connectivity index (χ0v) is 12.0. The summed E-state index contributed by atoms with van der Waals surface area (Å²) >= 11 is 0. The fraction of sp³-hybridized carbons (Fsp3) is 0.923. The van der Waals surface area contributed by atoms with Crippen LogP contribution in [-0.2, 0) is 9.53 Å². The smallest absolute Gasteiger partial charge is 0.226 e. The molecule has 2 rings (SSSR count). The first-order chi connectivity index (χ1) is 8.27. The molecule has 2 fully saturated rings. The minimum absolute atomic E-state index is 0. The molecular formula is C13H25ClN2O2. The fourth-order valence-electron chi connectivity index (χ4n) is 2.78. The quantitative estimate of drug-likeness (QED) is 0.845. The van der Waals surface area contributed by atoms with E-state index in [1.807, 2.05) is 11.9 Å². The molecule has 1 atom stereocenters. The topological polar surface area (TPSA) is 41.6 Å². The molecule has 2 aliphatic heterocycles. The minimum Gasteiger partial charge on any atom is -0.381 e. The van der Waals surface area contributed by atoms with E-state index < -0.39 is 0 Å². The van der Waals surface area contributed by atoms with Crippen molar-refractivity contribution in [1.82, 2.24) is 10.2 Å². The van der Waals surface area contributed by atoms with Gasteiger partial charge in [0.2, 0.25) is 5.91 Å². The number of hydrogen-bond acceptors (Lipinski definition) is 3. The van der Waals surface area contributed by atoms with Crippen LogP contribution >= 0.6 is 12.4 Å². The van der Waals surface area contributed by atoms with Gasteiger partial charge >= 0.3 is 0 Å². The third-order valence-electron chi connectivity index (χ3n) is 3.90. The van der Waals surface area contributed by atoms with Crippen LogP contribution in [0.4, 0.5) is 0 Å². The fourth-order valence-corrected chi connectivity index (χ4v) is 2.78. The maximum Gasteiger partial charge on any atom is 0.226 e. The SMILES string of the molecule is CN(CC1CCOCC1)C(=O)C1CCCNC1.Cl. The van der Waals surface area contributed by atoms with E-state index in [0.717, 1.165) is 58.5 Å². The summed E-state index contributed by atoms with van der Waals surface area (Å²) in [5, 5.41) is 3.31. The number of piperidine rings is 1. The number of nitrogens with one attached hydrogen (secondary N) is 1. The van der Waals surface area contributed by atoms with E-state index in [0.29, 0.717) is 11.8 Å². The molecule has 4 nitrogen and oxygen atoms in total. The maximum absolute atomic E-state index is 12.2. The van der Waals surface area contributed by atoms with Crippen LogP contribution in [0.25, 0.3) is 0 Å². The Morgan fingerprint density at radius 3 is 2.67 bits per heavy atom. The molecule has 2 saturated heterocycles. The number of carbonyl (C=O) groups is 1. The van der Waals surface area contributed by atoms with Crippen LogP contribution in [0.2, 0.25) is 0 Å². The van der Waals surface area contributed by atoms with Crippen molar-refractivity contribution in [2.45, 2.75) is 25.7 Å². The molecule has 1 amide bonds. The van der Waals surface area contributed by atoms with Crippen molar-refractivity contribution < 1.29 is 9.53 Å². The van der Waals surface area contributed by atoms with Gasteiger partial charge in [0, 0.05) is 33.4 Å². The summed E-state index contributed by atoms with van der Waals surface area (Å²) in [7, 11) is 1.95. The molecule has 0 aromatic carbocycles. The first kappa shape index (κ1) is 15.7. The highest BCUT2D eigenvalue weighted by Gasteiger charge is 2.25. The Labute approximate surface area is 116 Å². The van der Waals surface area contributed by atoms with Gasteiger partial charge in [-0.1, -0.05) is 0 Å². The van der Waals surface area contributed by atoms with Crippen molar-refractivity contribution in [3.05, 3.63) is 0 Å². The van der Waals surface area contributed by atoms with Gasteiger partial charge in [-0.05, 0) is 38.1 Å².